The minimum absolute atomic E-state index is 0.233. The molecule has 0 saturated carbocycles. The Morgan fingerprint density at radius 2 is 2.10 bits per heavy atom. The second kappa shape index (κ2) is 5.32. The summed E-state index contributed by atoms with van der Waals surface area (Å²) < 4.78 is 2.00. The third-order valence-corrected chi connectivity index (χ3v) is 3.70. The van der Waals surface area contributed by atoms with Gasteiger partial charge in [-0.2, -0.15) is 5.10 Å². The quantitative estimate of drug-likeness (QED) is 0.922. The number of hydrogen-bond donors (Lipinski definition) is 1. The van der Waals surface area contributed by atoms with Gasteiger partial charge in [-0.25, -0.2) is 4.79 Å². The summed E-state index contributed by atoms with van der Waals surface area (Å²) in [6, 6.07) is 4.05. The standard InChI is InChI=1S/C14H16N4O2/c19-14(20)11-8-13(10-15-9-11)17-6-2-12(3-7-17)18-5-1-4-16-18/h1,4-5,8-10,12H,2-3,6-7H2,(H,19,20). The molecular formula is C14H16N4O2. The van der Waals surface area contributed by atoms with Crippen molar-refractivity contribution in [3.8, 4) is 0 Å². The number of carboxylic acids is 1. The molecule has 2 aromatic rings. The Morgan fingerprint density at radius 1 is 1.30 bits per heavy atom. The first kappa shape index (κ1) is 12.7. The average Bonchev–Trinajstić information content (AvgIpc) is 3.02. The van der Waals surface area contributed by atoms with E-state index in [2.05, 4.69) is 15.0 Å². The van der Waals surface area contributed by atoms with Crippen LogP contribution in [-0.4, -0.2) is 38.9 Å². The van der Waals surface area contributed by atoms with Gasteiger partial charge in [-0.3, -0.25) is 9.67 Å². The lowest BCUT2D eigenvalue weighted by molar-refractivity contribution is 0.0696. The van der Waals surface area contributed by atoms with E-state index in [9.17, 15) is 4.79 Å². The molecule has 6 heteroatoms. The van der Waals surface area contributed by atoms with Crippen molar-refractivity contribution in [2.45, 2.75) is 18.9 Å². The minimum Gasteiger partial charge on any atom is -0.478 e. The average molecular weight is 272 g/mol. The highest BCUT2D eigenvalue weighted by Gasteiger charge is 2.21. The van der Waals surface area contributed by atoms with Gasteiger partial charge in [0.2, 0.25) is 0 Å². The molecular weight excluding hydrogens is 256 g/mol. The zero-order valence-electron chi connectivity index (χ0n) is 11.0. The number of pyridine rings is 1. The summed E-state index contributed by atoms with van der Waals surface area (Å²) in [6.45, 7) is 1.77. The van der Waals surface area contributed by atoms with Gasteiger partial charge in [-0.1, -0.05) is 0 Å². The zero-order chi connectivity index (χ0) is 13.9. The van der Waals surface area contributed by atoms with E-state index in [1.165, 1.54) is 6.20 Å². The molecule has 1 aliphatic heterocycles. The molecule has 6 nitrogen and oxygen atoms in total. The maximum atomic E-state index is 11.0. The second-order valence-electron chi connectivity index (χ2n) is 4.94. The monoisotopic (exact) mass is 272 g/mol. The van der Waals surface area contributed by atoms with Crippen LogP contribution in [0.25, 0.3) is 0 Å². The van der Waals surface area contributed by atoms with Crippen LogP contribution in [0.5, 0.6) is 0 Å². The minimum atomic E-state index is -0.939. The van der Waals surface area contributed by atoms with Gasteiger partial charge in [0.05, 0.1) is 23.5 Å². The molecule has 0 bridgehead atoms. The number of hydrogen-bond acceptors (Lipinski definition) is 4. The molecule has 2 aromatic heterocycles. The SMILES string of the molecule is O=C(O)c1cncc(N2CCC(n3cccn3)CC2)c1. The molecule has 1 saturated heterocycles. The number of rotatable bonds is 3. The maximum Gasteiger partial charge on any atom is 0.337 e. The number of nitrogens with zero attached hydrogens (tertiary/aromatic N) is 4. The van der Waals surface area contributed by atoms with Crippen LogP contribution in [0.15, 0.2) is 36.9 Å². The van der Waals surface area contributed by atoms with Gasteiger partial charge in [-0.15, -0.1) is 0 Å². The Labute approximate surface area is 116 Å². The molecule has 1 N–H and O–H groups in total. The fraction of sp³-hybridized carbons (Fsp3) is 0.357. The summed E-state index contributed by atoms with van der Waals surface area (Å²) in [7, 11) is 0. The Bertz CT molecular complexity index is 589. The maximum absolute atomic E-state index is 11.0. The molecule has 1 aliphatic rings. The Kier molecular flexibility index (Phi) is 3.37. The second-order valence-corrected chi connectivity index (χ2v) is 4.94. The predicted molar refractivity (Wildman–Crippen MR) is 73.9 cm³/mol. The molecule has 0 amide bonds. The van der Waals surface area contributed by atoms with Gasteiger partial charge in [0.15, 0.2) is 0 Å². The molecule has 0 atom stereocenters. The number of carboxylic acid groups (broad SMARTS) is 1. The number of piperidine rings is 1. The summed E-state index contributed by atoms with van der Waals surface area (Å²) in [5.74, 6) is -0.939. The summed E-state index contributed by atoms with van der Waals surface area (Å²) in [6.07, 6.45) is 8.89. The third kappa shape index (κ3) is 2.49. The highest BCUT2D eigenvalue weighted by molar-refractivity contribution is 5.88. The van der Waals surface area contributed by atoms with E-state index < -0.39 is 5.97 Å². The van der Waals surface area contributed by atoms with Crippen LogP contribution >= 0.6 is 0 Å². The molecule has 3 heterocycles. The number of anilines is 1. The van der Waals surface area contributed by atoms with E-state index in [-0.39, 0.29) is 5.56 Å². The van der Waals surface area contributed by atoms with Crippen LogP contribution in [-0.2, 0) is 0 Å². The summed E-state index contributed by atoms with van der Waals surface area (Å²) in [5, 5.41) is 13.3. The fourth-order valence-corrected chi connectivity index (χ4v) is 2.60. The Balaban J connectivity index is 1.69. The third-order valence-electron chi connectivity index (χ3n) is 3.70. The molecule has 0 unspecified atom stereocenters. The van der Waals surface area contributed by atoms with Crippen LogP contribution in [0.1, 0.15) is 29.2 Å². The van der Waals surface area contributed by atoms with E-state index in [0.29, 0.717) is 6.04 Å². The van der Waals surface area contributed by atoms with Crippen molar-refractivity contribution in [1.29, 1.82) is 0 Å². The Hall–Kier alpha value is -2.37. The van der Waals surface area contributed by atoms with Crippen molar-refractivity contribution in [2.24, 2.45) is 0 Å². The highest BCUT2D eigenvalue weighted by atomic mass is 16.4. The van der Waals surface area contributed by atoms with Gasteiger partial charge in [0.25, 0.3) is 0 Å². The predicted octanol–water partition coefficient (Wildman–Crippen LogP) is 1.82. The molecule has 3 rings (SSSR count). The van der Waals surface area contributed by atoms with Crippen molar-refractivity contribution in [3.05, 3.63) is 42.5 Å². The van der Waals surface area contributed by atoms with Gasteiger partial charge in [0, 0.05) is 31.7 Å². The largest absolute Gasteiger partial charge is 0.478 e. The first-order valence-corrected chi connectivity index (χ1v) is 6.66. The van der Waals surface area contributed by atoms with Crippen molar-refractivity contribution in [2.75, 3.05) is 18.0 Å². The van der Waals surface area contributed by atoms with Crippen molar-refractivity contribution < 1.29 is 9.90 Å². The van der Waals surface area contributed by atoms with Crippen molar-refractivity contribution >= 4 is 11.7 Å². The van der Waals surface area contributed by atoms with Gasteiger partial charge >= 0.3 is 5.97 Å². The zero-order valence-corrected chi connectivity index (χ0v) is 11.0. The van der Waals surface area contributed by atoms with Crippen LogP contribution in [0.2, 0.25) is 0 Å². The number of aromatic carboxylic acids is 1. The van der Waals surface area contributed by atoms with Crippen molar-refractivity contribution in [1.82, 2.24) is 14.8 Å². The van der Waals surface area contributed by atoms with Crippen LogP contribution in [0.3, 0.4) is 0 Å². The molecule has 104 valence electrons. The smallest absolute Gasteiger partial charge is 0.337 e. The van der Waals surface area contributed by atoms with Gasteiger partial charge in [0.1, 0.15) is 0 Å². The Morgan fingerprint density at radius 3 is 2.75 bits per heavy atom. The summed E-state index contributed by atoms with van der Waals surface area (Å²) in [4.78, 5) is 17.2. The molecule has 0 radical (unpaired) electrons. The normalized spacial score (nSPS) is 16.3. The molecule has 20 heavy (non-hydrogen) atoms. The van der Waals surface area contributed by atoms with Gasteiger partial charge in [-0.05, 0) is 25.0 Å². The van der Waals surface area contributed by atoms with E-state index in [1.807, 2.05) is 16.9 Å². The fourth-order valence-electron chi connectivity index (χ4n) is 2.60. The molecule has 0 aromatic carbocycles. The van der Waals surface area contributed by atoms with E-state index in [1.54, 1.807) is 18.5 Å². The first-order chi connectivity index (χ1) is 9.74. The van der Waals surface area contributed by atoms with E-state index in [0.717, 1.165) is 31.6 Å². The lowest BCUT2D eigenvalue weighted by Gasteiger charge is -2.33. The van der Waals surface area contributed by atoms with Crippen molar-refractivity contribution in [3.63, 3.8) is 0 Å². The highest BCUT2D eigenvalue weighted by Crippen LogP contribution is 2.25. The molecule has 1 fully saturated rings. The van der Waals surface area contributed by atoms with E-state index in [4.69, 9.17) is 5.11 Å². The van der Waals surface area contributed by atoms with Crippen LogP contribution in [0.4, 0.5) is 5.69 Å². The lowest BCUT2D eigenvalue weighted by Crippen LogP contribution is -2.34. The molecule has 0 spiro atoms. The van der Waals surface area contributed by atoms with Gasteiger partial charge < -0.3 is 10.0 Å². The number of aromatic nitrogens is 3. The summed E-state index contributed by atoms with van der Waals surface area (Å²) in [5.41, 5.74) is 1.11. The topological polar surface area (TPSA) is 71.2 Å². The van der Waals surface area contributed by atoms with Crippen LogP contribution in [0, 0.1) is 0 Å². The van der Waals surface area contributed by atoms with Crippen LogP contribution < -0.4 is 4.90 Å². The molecule has 0 aliphatic carbocycles. The summed E-state index contributed by atoms with van der Waals surface area (Å²) >= 11 is 0. The first-order valence-electron chi connectivity index (χ1n) is 6.66. The lowest BCUT2D eigenvalue weighted by atomic mass is 10.0. The number of carbonyl (C=O) groups is 1. The van der Waals surface area contributed by atoms with E-state index >= 15 is 0 Å².